The molecule has 3 aromatic carbocycles. The molecule has 3 aromatic rings. The van der Waals surface area contributed by atoms with Crippen molar-refractivity contribution in [3.63, 3.8) is 0 Å². The molecule has 0 amide bonds. The van der Waals surface area contributed by atoms with Gasteiger partial charge in [-0.2, -0.15) is 0 Å². The van der Waals surface area contributed by atoms with E-state index in [1.54, 1.807) is 11.1 Å². The van der Waals surface area contributed by atoms with Gasteiger partial charge in [-0.25, -0.2) is 0 Å². The quantitative estimate of drug-likeness (QED) is 0.277. The van der Waals surface area contributed by atoms with Crippen LogP contribution in [0.4, 0.5) is 0 Å². The van der Waals surface area contributed by atoms with E-state index < -0.39 is 0 Å². The predicted molar refractivity (Wildman–Crippen MR) is 142 cm³/mol. The molecule has 0 nitrogen and oxygen atoms in total. The molecule has 1 aliphatic rings. The third-order valence-corrected chi connectivity index (χ3v) is 7.91. The Bertz CT molecular complexity index is 1130. The van der Waals surface area contributed by atoms with Gasteiger partial charge in [0.2, 0.25) is 0 Å². The van der Waals surface area contributed by atoms with Crippen molar-refractivity contribution in [3.8, 4) is 0 Å². The van der Waals surface area contributed by atoms with E-state index in [0.29, 0.717) is 0 Å². The predicted octanol–water partition coefficient (Wildman–Crippen LogP) is -0.185. The molecule has 0 aromatic heterocycles. The number of allylic oxidation sites excluding steroid dienone is 4. The van der Waals surface area contributed by atoms with Crippen molar-refractivity contribution in [1.29, 1.82) is 0 Å². The van der Waals surface area contributed by atoms with Crippen molar-refractivity contribution >= 4 is 0 Å². The van der Waals surface area contributed by atoms with E-state index in [4.69, 9.17) is 0 Å². The number of halogens is 3. The van der Waals surface area contributed by atoms with Crippen LogP contribution in [0.15, 0.2) is 75.7 Å². The standard InChI is InChI=1S/C33H37.3ClH.Ti/c1-8-10-28-11-9-12-32(28)33(29-16-22(2)13-23(3)17-29,30-18-24(4)14-25(5)19-30)31-20-26(6)15-27(7)21-31;;;;/h9,13-21H,8,10,12H2,1-7H3;3*1H;/q;;;;+3/p-3. The second-order valence-electron chi connectivity index (χ2n) is 10.4. The van der Waals surface area contributed by atoms with E-state index in [1.165, 1.54) is 53.9 Å². The average Bonchev–Trinajstić information content (AvgIpc) is 3.08. The molecule has 0 fully saturated rings. The minimum atomic E-state index is -0.316. The molecule has 0 bridgehead atoms. The Morgan fingerprint density at radius 2 is 0.919 bits per heavy atom. The molecule has 1 aliphatic carbocycles. The first-order valence-electron chi connectivity index (χ1n) is 12.6. The molecule has 37 heavy (non-hydrogen) atoms. The zero-order valence-electron chi connectivity index (χ0n) is 23.0. The summed E-state index contributed by atoms with van der Waals surface area (Å²) in [5, 5.41) is 0. The van der Waals surface area contributed by atoms with Crippen LogP contribution in [-0.2, 0) is 25.9 Å². The molecule has 0 radical (unpaired) electrons. The van der Waals surface area contributed by atoms with Crippen molar-refractivity contribution in [2.24, 2.45) is 0 Å². The topological polar surface area (TPSA) is 0 Å². The van der Waals surface area contributed by atoms with E-state index in [0.717, 1.165) is 19.3 Å². The Kier molecular flexibility index (Phi) is 12.5. The van der Waals surface area contributed by atoms with E-state index in [1.807, 2.05) is 0 Å². The molecule has 194 valence electrons. The summed E-state index contributed by atoms with van der Waals surface area (Å²) in [6.07, 6.45) is 5.75. The number of benzene rings is 3. The second kappa shape index (κ2) is 13.7. The molecule has 0 heterocycles. The third-order valence-electron chi connectivity index (χ3n) is 7.12. The first kappa shape index (κ1) is 33.8. The first-order valence-corrected chi connectivity index (χ1v) is 13.3. The van der Waals surface area contributed by atoms with E-state index in [9.17, 15) is 0 Å². The largest absolute Gasteiger partial charge is 1.00 e. The van der Waals surface area contributed by atoms with Crippen LogP contribution in [0.1, 0.15) is 76.3 Å². The smallest absolute Gasteiger partial charge is 1.00 e. The van der Waals surface area contributed by atoms with Crippen molar-refractivity contribution < 1.29 is 57.7 Å². The summed E-state index contributed by atoms with van der Waals surface area (Å²) >= 11 is 2.31. The van der Waals surface area contributed by atoms with Crippen molar-refractivity contribution in [1.82, 2.24) is 0 Å². The molecular weight excluding hydrogens is 551 g/mol. The minimum absolute atomic E-state index is 0. The van der Waals surface area contributed by atoms with E-state index in [2.05, 4.69) is 130 Å². The van der Waals surface area contributed by atoms with Gasteiger partial charge >= 0.3 is 219 Å². The number of aryl methyl sites for hydroxylation is 6. The van der Waals surface area contributed by atoms with Crippen molar-refractivity contribution in [3.05, 3.63) is 126 Å². The van der Waals surface area contributed by atoms with Gasteiger partial charge in [0.1, 0.15) is 0 Å². The van der Waals surface area contributed by atoms with Crippen LogP contribution in [0.25, 0.3) is 0 Å². The Labute approximate surface area is 255 Å². The molecule has 0 unspecified atom stereocenters. The minimum Gasteiger partial charge on any atom is -1.00 e. The van der Waals surface area contributed by atoms with Crippen LogP contribution in [0.3, 0.4) is 0 Å². The molecule has 0 atom stereocenters. The molecule has 4 rings (SSSR count). The van der Waals surface area contributed by atoms with Crippen LogP contribution >= 0.6 is 0 Å². The van der Waals surface area contributed by atoms with Crippen LogP contribution in [0.5, 0.6) is 0 Å². The summed E-state index contributed by atoms with van der Waals surface area (Å²) in [5.74, 6) is 0. The van der Waals surface area contributed by atoms with Gasteiger partial charge in [-0.15, -0.1) is 0 Å². The fourth-order valence-electron chi connectivity index (χ4n) is 6.12. The van der Waals surface area contributed by atoms with Crippen molar-refractivity contribution in [2.75, 3.05) is 0 Å². The number of rotatable bonds is 6. The zero-order chi connectivity index (χ0) is 24.6. The molecule has 0 aliphatic heterocycles. The zero-order valence-corrected chi connectivity index (χ0v) is 26.9. The van der Waals surface area contributed by atoms with Gasteiger partial charge in [0.25, 0.3) is 0 Å². The Morgan fingerprint density at radius 3 is 1.22 bits per heavy atom. The SMILES string of the molecule is CCCC1=C(C(c2cc(C)cc(C)c2)(c2cc(C)cc(C)c2)c2cc(C)cc(C)c2)CC=[C]1[Ti+3].[Cl-].[Cl-].[Cl-]. The van der Waals surface area contributed by atoms with Gasteiger partial charge in [-0.3, -0.25) is 0 Å². The molecule has 4 heteroatoms. The molecular formula is C33H37Cl3Ti. The summed E-state index contributed by atoms with van der Waals surface area (Å²) < 4.78 is 1.46. The summed E-state index contributed by atoms with van der Waals surface area (Å²) in [7, 11) is 0. The Balaban J connectivity index is 0.00000228. The number of hydrogen-bond donors (Lipinski definition) is 0. The maximum atomic E-state index is 2.46. The van der Waals surface area contributed by atoms with E-state index >= 15 is 0 Å². The fourth-order valence-corrected chi connectivity index (χ4v) is 6.71. The van der Waals surface area contributed by atoms with Gasteiger partial charge in [0.05, 0.1) is 0 Å². The monoisotopic (exact) mass is 586 g/mol. The van der Waals surface area contributed by atoms with Crippen LogP contribution < -0.4 is 37.2 Å². The van der Waals surface area contributed by atoms with Gasteiger partial charge in [0.15, 0.2) is 0 Å². The second-order valence-corrected chi connectivity index (χ2v) is 11.2. The summed E-state index contributed by atoms with van der Waals surface area (Å²) in [4.78, 5) is 0. The average molecular weight is 588 g/mol. The van der Waals surface area contributed by atoms with Crippen LogP contribution in [0, 0.1) is 41.5 Å². The third kappa shape index (κ3) is 6.66. The van der Waals surface area contributed by atoms with Gasteiger partial charge in [-0.05, 0) is 0 Å². The summed E-state index contributed by atoms with van der Waals surface area (Å²) in [5.41, 5.74) is 14.9. The molecule has 0 saturated carbocycles. The Morgan fingerprint density at radius 1 is 0.595 bits per heavy atom. The van der Waals surface area contributed by atoms with Crippen LogP contribution in [0.2, 0.25) is 0 Å². The normalized spacial score (nSPS) is 12.9. The Hall–Kier alpha value is -1.28. The molecule has 0 saturated heterocycles. The van der Waals surface area contributed by atoms with E-state index in [-0.39, 0.29) is 42.6 Å². The molecule has 0 spiro atoms. The van der Waals surface area contributed by atoms with Crippen molar-refractivity contribution in [2.45, 2.75) is 73.1 Å². The van der Waals surface area contributed by atoms with Gasteiger partial charge < -0.3 is 37.2 Å². The first-order chi connectivity index (χ1) is 16.1. The maximum Gasteiger partial charge on any atom is -1.00 e. The summed E-state index contributed by atoms with van der Waals surface area (Å²) in [6, 6.07) is 21.5. The van der Waals surface area contributed by atoms with Crippen LogP contribution in [-0.4, -0.2) is 0 Å². The van der Waals surface area contributed by atoms with Gasteiger partial charge in [0, 0.05) is 0 Å². The summed E-state index contributed by atoms with van der Waals surface area (Å²) in [6.45, 7) is 15.7. The van der Waals surface area contributed by atoms with Gasteiger partial charge in [-0.1, -0.05) is 0 Å². The maximum absolute atomic E-state index is 2.46. The number of hydrogen-bond acceptors (Lipinski definition) is 0. The molecule has 0 N–H and O–H groups in total. The fraction of sp³-hybridized carbons (Fsp3) is 0.333.